The third-order valence-electron chi connectivity index (χ3n) is 2.54. The summed E-state index contributed by atoms with van der Waals surface area (Å²) >= 11 is 0. The fraction of sp³-hybridized carbons (Fsp3) is 0.400. The van der Waals surface area contributed by atoms with E-state index in [1.165, 1.54) is 0 Å². The van der Waals surface area contributed by atoms with Crippen LogP contribution in [-0.4, -0.2) is 34.5 Å². The summed E-state index contributed by atoms with van der Waals surface area (Å²) in [4.78, 5) is 0. The Morgan fingerprint density at radius 3 is 2.22 bits per heavy atom. The first-order valence-corrected chi connectivity index (χ1v) is 10.4. The molecule has 0 aliphatic carbocycles. The van der Waals surface area contributed by atoms with E-state index in [4.69, 9.17) is 13.2 Å². The molecule has 0 fully saturated rings. The van der Waals surface area contributed by atoms with Crippen molar-refractivity contribution in [3.8, 4) is 0 Å². The van der Waals surface area contributed by atoms with Crippen LogP contribution in [0.4, 0.5) is 0 Å². The van der Waals surface area contributed by atoms with Crippen molar-refractivity contribution in [2.75, 3.05) is 26.1 Å². The largest absolute Gasteiger partial charge is 0.367 e. The fourth-order valence-electron chi connectivity index (χ4n) is 1.61. The molecule has 8 heteroatoms. The van der Waals surface area contributed by atoms with E-state index in [-0.39, 0.29) is 18.5 Å². The van der Waals surface area contributed by atoms with Crippen LogP contribution < -0.4 is 0 Å². The Hall–Kier alpha value is -1.20. The van der Waals surface area contributed by atoms with Gasteiger partial charge in [-0.05, 0) is 25.5 Å². The smallest absolute Gasteiger partial charge is 0.305 e. The molecule has 0 bridgehead atoms. The lowest BCUT2D eigenvalue weighted by Crippen LogP contribution is -2.08. The Balaban J connectivity index is 3.24. The first-order valence-electron chi connectivity index (χ1n) is 7.05. The van der Waals surface area contributed by atoms with Crippen molar-refractivity contribution < 1.29 is 26.2 Å². The molecule has 1 aromatic carbocycles. The van der Waals surface area contributed by atoms with Gasteiger partial charge in [0, 0.05) is 0 Å². The summed E-state index contributed by atoms with van der Waals surface area (Å²) in [6, 6.07) is 9.19. The standard InChI is InChI=1S/C15H21O6PS/c1-4-19-22(16,20-5-2)15(13-21-23(3,17)18)12-11-14-9-7-6-8-10-14/h6-11H,4-5,13H2,1-3H3. The highest BCUT2D eigenvalue weighted by atomic mass is 32.2. The second-order valence-electron chi connectivity index (χ2n) is 4.45. The molecule has 0 radical (unpaired) electrons. The average Bonchev–Trinajstić information content (AvgIpc) is 2.47. The van der Waals surface area contributed by atoms with Crippen LogP contribution in [0, 0.1) is 0 Å². The highest BCUT2D eigenvalue weighted by Crippen LogP contribution is 2.55. The molecular formula is C15H21O6PS. The Morgan fingerprint density at radius 2 is 1.74 bits per heavy atom. The zero-order chi connectivity index (χ0) is 17.3. The zero-order valence-electron chi connectivity index (χ0n) is 13.4. The average molecular weight is 360 g/mol. The predicted molar refractivity (Wildman–Crippen MR) is 89.6 cm³/mol. The molecular weight excluding hydrogens is 339 g/mol. The van der Waals surface area contributed by atoms with E-state index in [0.717, 1.165) is 11.8 Å². The van der Waals surface area contributed by atoms with Crippen molar-refractivity contribution in [2.45, 2.75) is 13.8 Å². The van der Waals surface area contributed by atoms with Crippen molar-refractivity contribution >= 4 is 23.8 Å². The van der Waals surface area contributed by atoms with Crippen molar-refractivity contribution in [1.82, 2.24) is 0 Å². The number of hydrogen-bond acceptors (Lipinski definition) is 6. The molecule has 0 atom stereocenters. The molecule has 23 heavy (non-hydrogen) atoms. The molecule has 128 valence electrons. The van der Waals surface area contributed by atoms with Gasteiger partial charge in [-0.2, -0.15) is 8.42 Å². The first kappa shape index (κ1) is 19.8. The number of rotatable bonds is 9. The van der Waals surface area contributed by atoms with Gasteiger partial charge in [0.05, 0.1) is 19.5 Å². The molecule has 0 saturated carbocycles. The second-order valence-corrected chi connectivity index (χ2v) is 8.14. The van der Waals surface area contributed by atoms with Crippen molar-refractivity contribution in [3.05, 3.63) is 46.9 Å². The summed E-state index contributed by atoms with van der Waals surface area (Å²) in [5.41, 5.74) is 3.62. The summed E-state index contributed by atoms with van der Waals surface area (Å²) in [6.45, 7) is 3.18. The molecule has 0 N–H and O–H groups in total. The third kappa shape index (κ3) is 7.27. The summed E-state index contributed by atoms with van der Waals surface area (Å²) in [5.74, 6) is 0. The molecule has 0 saturated heterocycles. The Bertz CT molecular complexity index is 695. The molecule has 0 aliphatic rings. The fourth-order valence-corrected chi connectivity index (χ4v) is 3.54. The van der Waals surface area contributed by atoms with Crippen LogP contribution in [0.25, 0.3) is 6.08 Å². The minimum atomic E-state index is -3.70. The highest BCUT2D eigenvalue weighted by molar-refractivity contribution is 7.86. The van der Waals surface area contributed by atoms with Crippen LogP contribution in [0.1, 0.15) is 19.4 Å². The van der Waals surface area contributed by atoms with E-state index in [1.54, 1.807) is 19.9 Å². The van der Waals surface area contributed by atoms with Gasteiger partial charge in [-0.25, -0.2) is 0 Å². The Kier molecular flexibility index (Phi) is 7.92. The number of hydrogen-bond donors (Lipinski definition) is 0. The van der Waals surface area contributed by atoms with Crippen LogP contribution in [0.15, 0.2) is 41.4 Å². The summed E-state index contributed by atoms with van der Waals surface area (Å²) < 4.78 is 50.4. The van der Waals surface area contributed by atoms with E-state index >= 15 is 0 Å². The van der Waals surface area contributed by atoms with Gasteiger partial charge in [-0.1, -0.05) is 30.3 Å². The van der Waals surface area contributed by atoms with Crippen LogP contribution in [0.5, 0.6) is 0 Å². The van der Waals surface area contributed by atoms with Gasteiger partial charge in [-0.3, -0.25) is 8.75 Å². The lowest BCUT2D eigenvalue weighted by Gasteiger charge is -2.18. The normalized spacial score (nSPS) is 11.8. The van der Waals surface area contributed by atoms with Crippen LogP contribution >= 0.6 is 7.60 Å². The lowest BCUT2D eigenvalue weighted by molar-refractivity contribution is 0.222. The van der Waals surface area contributed by atoms with Crippen molar-refractivity contribution in [3.63, 3.8) is 0 Å². The van der Waals surface area contributed by atoms with Gasteiger partial charge in [0.15, 0.2) is 0 Å². The maximum atomic E-state index is 12.8. The molecule has 6 nitrogen and oxygen atoms in total. The maximum absolute atomic E-state index is 12.8. The lowest BCUT2D eigenvalue weighted by atomic mass is 10.2. The van der Waals surface area contributed by atoms with Gasteiger partial charge in [-0.15, -0.1) is 5.73 Å². The van der Waals surface area contributed by atoms with Crippen LogP contribution in [0.3, 0.4) is 0 Å². The minimum absolute atomic E-state index is 0.0236. The molecule has 0 aromatic heterocycles. The predicted octanol–water partition coefficient (Wildman–Crippen LogP) is 3.42. The zero-order valence-corrected chi connectivity index (χ0v) is 15.1. The molecule has 1 rings (SSSR count). The van der Waals surface area contributed by atoms with E-state index in [2.05, 4.69) is 5.73 Å². The van der Waals surface area contributed by atoms with E-state index in [0.29, 0.717) is 0 Å². The first-order chi connectivity index (χ1) is 10.8. The van der Waals surface area contributed by atoms with Crippen molar-refractivity contribution in [1.29, 1.82) is 0 Å². The topological polar surface area (TPSA) is 78.9 Å². The molecule has 0 heterocycles. The second kappa shape index (κ2) is 9.18. The van der Waals surface area contributed by atoms with Crippen molar-refractivity contribution in [2.24, 2.45) is 0 Å². The van der Waals surface area contributed by atoms with Crippen LogP contribution in [-0.2, 0) is 27.9 Å². The third-order valence-corrected chi connectivity index (χ3v) is 5.21. The molecule has 1 aromatic rings. The van der Waals surface area contributed by atoms with Gasteiger partial charge >= 0.3 is 7.60 Å². The summed E-state index contributed by atoms with van der Waals surface area (Å²) in [7, 11) is -7.37. The molecule has 0 amide bonds. The van der Waals surface area contributed by atoms with E-state index < -0.39 is 24.3 Å². The monoisotopic (exact) mass is 360 g/mol. The van der Waals surface area contributed by atoms with Gasteiger partial charge < -0.3 is 9.05 Å². The SMILES string of the molecule is CCOP(=O)(OCC)C(=C=Cc1ccccc1)COS(C)(=O)=O. The highest BCUT2D eigenvalue weighted by Gasteiger charge is 2.30. The molecule has 0 aliphatic heterocycles. The maximum Gasteiger partial charge on any atom is 0.367 e. The van der Waals surface area contributed by atoms with Crippen LogP contribution in [0.2, 0.25) is 0 Å². The summed E-state index contributed by atoms with van der Waals surface area (Å²) in [6.07, 6.45) is 2.49. The molecule has 0 spiro atoms. The molecule has 0 unspecified atom stereocenters. The van der Waals surface area contributed by atoms with E-state index in [9.17, 15) is 13.0 Å². The van der Waals surface area contributed by atoms with Gasteiger partial charge in [0.25, 0.3) is 10.1 Å². The Labute approximate surface area is 137 Å². The Morgan fingerprint density at radius 1 is 1.17 bits per heavy atom. The number of benzene rings is 1. The van der Waals surface area contributed by atoms with Gasteiger partial charge in [0.1, 0.15) is 11.9 Å². The quantitative estimate of drug-likeness (QED) is 0.381. The summed E-state index contributed by atoms with van der Waals surface area (Å²) in [5, 5.41) is 0.0236. The minimum Gasteiger partial charge on any atom is -0.305 e. The van der Waals surface area contributed by atoms with E-state index in [1.807, 2.05) is 30.3 Å². The van der Waals surface area contributed by atoms with Gasteiger partial charge in [0.2, 0.25) is 0 Å².